The molecule has 2 rings (SSSR count). The zero-order valence-electron chi connectivity index (χ0n) is 10.0. The Kier molecular flexibility index (Phi) is 3.10. The molecule has 0 aliphatic heterocycles. The average Bonchev–Trinajstić information content (AvgIpc) is 2.96. The van der Waals surface area contributed by atoms with Crippen molar-refractivity contribution < 1.29 is 0 Å². The predicted molar refractivity (Wildman–Crippen MR) is 62.1 cm³/mol. The van der Waals surface area contributed by atoms with Crippen molar-refractivity contribution in [2.24, 2.45) is 0 Å². The number of nitrogens with zero attached hydrogens (tertiary/aromatic N) is 2. The lowest BCUT2D eigenvalue weighted by atomic mass is 10.1. The maximum absolute atomic E-state index is 4.57. The van der Waals surface area contributed by atoms with E-state index in [0.29, 0.717) is 0 Å². The number of aryl methyl sites for hydroxylation is 1. The van der Waals surface area contributed by atoms with Crippen molar-refractivity contribution in [3.8, 4) is 0 Å². The maximum atomic E-state index is 4.57. The molecule has 1 aromatic heterocycles. The second-order valence-corrected chi connectivity index (χ2v) is 4.45. The molecular formula is C12H21N3. The fourth-order valence-electron chi connectivity index (χ4n) is 2.13. The van der Waals surface area contributed by atoms with Gasteiger partial charge in [0.25, 0.3) is 0 Å². The lowest BCUT2D eigenvalue weighted by molar-refractivity contribution is 0.540. The van der Waals surface area contributed by atoms with Crippen LogP contribution in [0, 0.1) is 13.8 Å². The largest absolute Gasteiger partial charge is 0.312 e. The molecule has 0 bridgehead atoms. The minimum Gasteiger partial charge on any atom is -0.312 e. The highest BCUT2D eigenvalue weighted by Crippen LogP contribution is 2.18. The van der Waals surface area contributed by atoms with Gasteiger partial charge in [0.1, 0.15) is 0 Å². The van der Waals surface area contributed by atoms with Gasteiger partial charge in [0.2, 0.25) is 0 Å². The van der Waals surface area contributed by atoms with Crippen LogP contribution in [0.5, 0.6) is 0 Å². The summed E-state index contributed by atoms with van der Waals surface area (Å²) in [5.74, 6) is 0. The monoisotopic (exact) mass is 207 g/mol. The van der Waals surface area contributed by atoms with E-state index in [-0.39, 0.29) is 0 Å². The van der Waals surface area contributed by atoms with Gasteiger partial charge in [-0.05, 0) is 38.7 Å². The van der Waals surface area contributed by atoms with Crippen molar-refractivity contribution in [1.82, 2.24) is 15.1 Å². The van der Waals surface area contributed by atoms with E-state index in [1.807, 2.05) is 0 Å². The van der Waals surface area contributed by atoms with Gasteiger partial charge in [-0.25, -0.2) is 0 Å². The van der Waals surface area contributed by atoms with Crippen LogP contribution in [-0.2, 0) is 13.0 Å². The van der Waals surface area contributed by atoms with Crippen LogP contribution in [0.15, 0.2) is 0 Å². The van der Waals surface area contributed by atoms with Crippen LogP contribution in [0.3, 0.4) is 0 Å². The molecule has 0 spiro atoms. The second-order valence-electron chi connectivity index (χ2n) is 4.45. The molecule has 1 aliphatic carbocycles. The Morgan fingerprint density at radius 3 is 2.67 bits per heavy atom. The van der Waals surface area contributed by atoms with Gasteiger partial charge in [-0.2, -0.15) is 5.10 Å². The molecule has 1 saturated carbocycles. The Balaban J connectivity index is 1.94. The summed E-state index contributed by atoms with van der Waals surface area (Å²) in [6.45, 7) is 8.54. The van der Waals surface area contributed by atoms with E-state index >= 15 is 0 Å². The predicted octanol–water partition coefficient (Wildman–Crippen LogP) is 1.81. The van der Waals surface area contributed by atoms with Crippen molar-refractivity contribution in [2.75, 3.05) is 6.54 Å². The zero-order chi connectivity index (χ0) is 10.8. The van der Waals surface area contributed by atoms with E-state index in [2.05, 4.69) is 35.9 Å². The van der Waals surface area contributed by atoms with Crippen molar-refractivity contribution in [2.45, 2.75) is 52.6 Å². The Labute approximate surface area is 91.9 Å². The molecule has 3 heteroatoms. The molecule has 1 heterocycles. The van der Waals surface area contributed by atoms with E-state index < -0.39 is 0 Å². The Morgan fingerprint density at radius 1 is 1.40 bits per heavy atom. The molecule has 1 aromatic rings. The van der Waals surface area contributed by atoms with Gasteiger partial charge >= 0.3 is 0 Å². The first-order chi connectivity index (χ1) is 7.22. The minimum atomic E-state index is 0.799. The van der Waals surface area contributed by atoms with Gasteiger partial charge in [0.05, 0.1) is 12.2 Å². The summed E-state index contributed by atoms with van der Waals surface area (Å²) in [5.41, 5.74) is 3.95. The van der Waals surface area contributed by atoms with Crippen LogP contribution in [0.1, 0.15) is 36.7 Å². The summed E-state index contributed by atoms with van der Waals surface area (Å²) >= 11 is 0. The quantitative estimate of drug-likeness (QED) is 0.798. The second kappa shape index (κ2) is 4.35. The van der Waals surface area contributed by atoms with Gasteiger partial charge in [0, 0.05) is 18.3 Å². The number of hydrogen-bond donors (Lipinski definition) is 1. The van der Waals surface area contributed by atoms with Crippen molar-refractivity contribution in [1.29, 1.82) is 0 Å². The SMILES string of the molecule is CCc1c(C)nn(CCNC2CC2)c1C. The molecule has 0 unspecified atom stereocenters. The summed E-state index contributed by atoms with van der Waals surface area (Å²) in [5, 5.41) is 8.09. The third-order valence-corrected chi connectivity index (χ3v) is 3.22. The van der Waals surface area contributed by atoms with Crippen molar-refractivity contribution in [3.05, 3.63) is 17.0 Å². The van der Waals surface area contributed by atoms with Crippen LogP contribution in [0.2, 0.25) is 0 Å². The summed E-state index contributed by atoms with van der Waals surface area (Å²) in [6.07, 6.45) is 3.81. The molecule has 1 fully saturated rings. The van der Waals surface area contributed by atoms with Crippen LogP contribution in [0.4, 0.5) is 0 Å². The van der Waals surface area contributed by atoms with Gasteiger partial charge in [-0.1, -0.05) is 6.92 Å². The summed E-state index contributed by atoms with van der Waals surface area (Å²) in [7, 11) is 0. The lowest BCUT2D eigenvalue weighted by Crippen LogP contribution is -2.22. The van der Waals surface area contributed by atoms with Gasteiger partial charge in [0.15, 0.2) is 0 Å². The molecule has 84 valence electrons. The average molecular weight is 207 g/mol. The highest BCUT2D eigenvalue weighted by atomic mass is 15.3. The van der Waals surface area contributed by atoms with Crippen LogP contribution < -0.4 is 5.32 Å². The van der Waals surface area contributed by atoms with Crippen LogP contribution in [0.25, 0.3) is 0 Å². The third kappa shape index (κ3) is 2.40. The number of hydrogen-bond acceptors (Lipinski definition) is 2. The highest BCUT2D eigenvalue weighted by Gasteiger charge is 2.19. The minimum absolute atomic E-state index is 0.799. The molecule has 1 N–H and O–H groups in total. The van der Waals surface area contributed by atoms with Crippen molar-refractivity contribution >= 4 is 0 Å². The Bertz CT molecular complexity index is 337. The fourth-order valence-corrected chi connectivity index (χ4v) is 2.13. The lowest BCUT2D eigenvalue weighted by Gasteiger charge is -2.05. The molecule has 3 nitrogen and oxygen atoms in total. The first kappa shape index (κ1) is 10.7. The van der Waals surface area contributed by atoms with E-state index in [0.717, 1.165) is 25.6 Å². The van der Waals surface area contributed by atoms with Gasteiger partial charge in [-0.3, -0.25) is 4.68 Å². The number of aromatic nitrogens is 2. The van der Waals surface area contributed by atoms with E-state index in [1.54, 1.807) is 0 Å². The Hall–Kier alpha value is -0.830. The van der Waals surface area contributed by atoms with Gasteiger partial charge in [-0.15, -0.1) is 0 Å². The standard InChI is InChI=1S/C12H21N3/c1-4-12-9(2)14-15(10(12)3)8-7-13-11-5-6-11/h11,13H,4-8H2,1-3H3. The van der Waals surface area contributed by atoms with E-state index in [4.69, 9.17) is 0 Å². The molecule has 0 amide bonds. The molecule has 0 aromatic carbocycles. The summed E-state index contributed by atoms with van der Waals surface area (Å²) in [4.78, 5) is 0. The zero-order valence-corrected chi connectivity index (χ0v) is 10.0. The van der Waals surface area contributed by atoms with E-state index in [1.165, 1.54) is 29.8 Å². The molecule has 1 aliphatic rings. The first-order valence-corrected chi connectivity index (χ1v) is 5.98. The van der Waals surface area contributed by atoms with Crippen LogP contribution >= 0.6 is 0 Å². The summed E-state index contributed by atoms with van der Waals surface area (Å²) < 4.78 is 2.14. The molecular weight excluding hydrogens is 186 g/mol. The molecule has 0 radical (unpaired) electrons. The third-order valence-electron chi connectivity index (χ3n) is 3.22. The maximum Gasteiger partial charge on any atom is 0.0628 e. The normalized spacial score (nSPS) is 15.9. The fraction of sp³-hybridized carbons (Fsp3) is 0.750. The summed E-state index contributed by atoms with van der Waals surface area (Å²) in [6, 6.07) is 0.799. The number of nitrogens with one attached hydrogen (secondary N) is 1. The smallest absolute Gasteiger partial charge is 0.0628 e. The molecule has 0 saturated heterocycles. The Morgan fingerprint density at radius 2 is 2.13 bits per heavy atom. The van der Waals surface area contributed by atoms with Gasteiger partial charge < -0.3 is 5.32 Å². The number of rotatable bonds is 5. The van der Waals surface area contributed by atoms with Crippen LogP contribution in [-0.4, -0.2) is 22.4 Å². The first-order valence-electron chi connectivity index (χ1n) is 5.98. The van der Waals surface area contributed by atoms with E-state index in [9.17, 15) is 0 Å². The molecule has 15 heavy (non-hydrogen) atoms. The topological polar surface area (TPSA) is 29.9 Å². The molecule has 0 atom stereocenters. The van der Waals surface area contributed by atoms with Crippen molar-refractivity contribution in [3.63, 3.8) is 0 Å². The highest BCUT2D eigenvalue weighted by molar-refractivity contribution is 5.24.